The van der Waals surface area contributed by atoms with Crippen molar-refractivity contribution in [2.24, 2.45) is 0 Å². The van der Waals surface area contributed by atoms with Crippen molar-refractivity contribution in [3.8, 4) is 0 Å². The van der Waals surface area contributed by atoms with Crippen LogP contribution in [-0.4, -0.2) is 21.3 Å². The van der Waals surface area contributed by atoms with Crippen molar-refractivity contribution in [2.45, 2.75) is 25.8 Å². The number of anilines is 1. The van der Waals surface area contributed by atoms with Crippen LogP contribution in [0.4, 0.5) is 5.69 Å². The number of hydrogen-bond donors (Lipinski definition) is 0. The molecule has 20 heavy (non-hydrogen) atoms. The lowest BCUT2D eigenvalue weighted by Crippen LogP contribution is -2.36. The number of alkyl halides is 1. The second kappa shape index (κ2) is 6.48. The average molecular weight is 290 g/mol. The average Bonchev–Trinajstić information content (AvgIpc) is 2.46. The fraction of sp³-hybridized carbons (Fsp3) is 0.267. The van der Waals surface area contributed by atoms with E-state index in [9.17, 15) is 4.79 Å². The Morgan fingerprint density at radius 3 is 2.70 bits per heavy atom. The zero-order valence-electron chi connectivity index (χ0n) is 11.5. The summed E-state index contributed by atoms with van der Waals surface area (Å²) >= 11 is 5.97. The predicted molar refractivity (Wildman–Crippen MR) is 79.7 cm³/mol. The number of aromatic nitrogens is 2. The molecule has 2 rings (SSSR count). The fourth-order valence-corrected chi connectivity index (χ4v) is 2.05. The zero-order valence-corrected chi connectivity index (χ0v) is 12.2. The van der Waals surface area contributed by atoms with E-state index in [1.807, 2.05) is 31.2 Å². The van der Waals surface area contributed by atoms with Crippen LogP contribution in [-0.2, 0) is 11.3 Å². The van der Waals surface area contributed by atoms with Crippen molar-refractivity contribution in [1.82, 2.24) is 9.97 Å². The molecule has 0 aliphatic rings. The monoisotopic (exact) mass is 289 g/mol. The maximum Gasteiger partial charge on any atom is 0.245 e. The van der Waals surface area contributed by atoms with E-state index >= 15 is 0 Å². The van der Waals surface area contributed by atoms with Crippen LogP contribution in [0.25, 0.3) is 0 Å². The van der Waals surface area contributed by atoms with E-state index < -0.39 is 5.38 Å². The van der Waals surface area contributed by atoms with Gasteiger partial charge in [-0.15, -0.1) is 11.6 Å². The molecule has 1 aromatic heterocycles. The third kappa shape index (κ3) is 3.33. The molecule has 1 unspecified atom stereocenters. The number of carbonyl (C=O) groups excluding carboxylic acids is 1. The molecule has 4 nitrogen and oxygen atoms in total. The molecule has 5 heteroatoms. The summed E-state index contributed by atoms with van der Waals surface area (Å²) in [5.41, 5.74) is 2.64. The van der Waals surface area contributed by atoms with E-state index in [1.165, 1.54) is 6.33 Å². The van der Waals surface area contributed by atoms with Gasteiger partial charge in [0.15, 0.2) is 0 Å². The minimum absolute atomic E-state index is 0.139. The molecule has 2 aromatic rings. The lowest BCUT2D eigenvalue weighted by molar-refractivity contribution is -0.118. The molecule has 1 atom stereocenters. The van der Waals surface area contributed by atoms with Gasteiger partial charge in [0.1, 0.15) is 11.7 Å². The van der Waals surface area contributed by atoms with E-state index in [-0.39, 0.29) is 5.91 Å². The summed E-state index contributed by atoms with van der Waals surface area (Å²) in [6, 6.07) is 9.51. The standard InChI is InChI=1S/C15H16ClN3O/c1-11-5-3-4-6-14(11)19(15(20)12(2)16)9-13-7-8-17-10-18-13/h3-8,10,12H,9H2,1-2H3. The van der Waals surface area contributed by atoms with Gasteiger partial charge in [-0.1, -0.05) is 18.2 Å². The Bertz CT molecular complexity index is 587. The summed E-state index contributed by atoms with van der Waals surface area (Å²) in [4.78, 5) is 22.1. The molecule has 1 heterocycles. The fourth-order valence-electron chi connectivity index (χ4n) is 1.94. The summed E-state index contributed by atoms with van der Waals surface area (Å²) in [6.45, 7) is 4.02. The molecule has 0 aliphatic carbocycles. The topological polar surface area (TPSA) is 46.1 Å². The van der Waals surface area contributed by atoms with Crippen molar-refractivity contribution in [1.29, 1.82) is 0 Å². The number of para-hydroxylation sites is 1. The molecule has 0 saturated heterocycles. The first kappa shape index (κ1) is 14.5. The number of hydrogen-bond acceptors (Lipinski definition) is 3. The quantitative estimate of drug-likeness (QED) is 0.813. The highest BCUT2D eigenvalue weighted by Crippen LogP contribution is 2.23. The van der Waals surface area contributed by atoms with E-state index in [4.69, 9.17) is 11.6 Å². The number of benzene rings is 1. The van der Waals surface area contributed by atoms with Crippen LogP contribution in [0.3, 0.4) is 0 Å². The van der Waals surface area contributed by atoms with Crippen molar-refractivity contribution < 1.29 is 4.79 Å². The smallest absolute Gasteiger partial charge is 0.245 e. The molecular weight excluding hydrogens is 274 g/mol. The first-order valence-corrected chi connectivity index (χ1v) is 6.79. The van der Waals surface area contributed by atoms with Crippen molar-refractivity contribution in [2.75, 3.05) is 4.90 Å². The Hall–Kier alpha value is -1.94. The van der Waals surface area contributed by atoms with Gasteiger partial charge in [-0.25, -0.2) is 9.97 Å². The minimum atomic E-state index is -0.587. The van der Waals surface area contributed by atoms with E-state index in [2.05, 4.69) is 9.97 Å². The maximum atomic E-state index is 12.4. The van der Waals surface area contributed by atoms with Crippen molar-refractivity contribution in [3.05, 3.63) is 54.1 Å². The van der Waals surface area contributed by atoms with Gasteiger partial charge >= 0.3 is 0 Å². The Labute approximate surface area is 123 Å². The highest BCUT2D eigenvalue weighted by Gasteiger charge is 2.22. The van der Waals surface area contributed by atoms with Crippen LogP contribution in [0.5, 0.6) is 0 Å². The zero-order chi connectivity index (χ0) is 14.5. The summed E-state index contributed by atoms with van der Waals surface area (Å²) in [5.74, 6) is -0.139. The van der Waals surface area contributed by atoms with Crippen LogP contribution in [0.15, 0.2) is 42.9 Å². The molecule has 1 amide bonds. The number of aryl methyl sites for hydroxylation is 1. The van der Waals surface area contributed by atoms with Crippen molar-refractivity contribution in [3.63, 3.8) is 0 Å². The van der Waals surface area contributed by atoms with Gasteiger partial charge in [-0.2, -0.15) is 0 Å². The molecule has 0 aliphatic heterocycles. The van der Waals surface area contributed by atoms with Crippen LogP contribution in [0.2, 0.25) is 0 Å². The minimum Gasteiger partial charge on any atom is -0.305 e. The number of rotatable bonds is 4. The lowest BCUT2D eigenvalue weighted by Gasteiger charge is -2.25. The molecule has 0 saturated carbocycles. The van der Waals surface area contributed by atoms with Crippen LogP contribution in [0, 0.1) is 6.92 Å². The predicted octanol–water partition coefficient (Wildman–Crippen LogP) is 2.95. The van der Waals surface area contributed by atoms with E-state index in [1.54, 1.807) is 24.1 Å². The van der Waals surface area contributed by atoms with Gasteiger partial charge in [0, 0.05) is 11.9 Å². The molecule has 0 N–H and O–H groups in total. The van der Waals surface area contributed by atoms with E-state index in [0.717, 1.165) is 16.9 Å². The maximum absolute atomic E-state index is 12.4. The van der Waals surface area contributed by atoms with Gasteiger partial charge in [-0.05, 0) is 31.5 Å². The number of carbonyl (C=O) groups is 1. The SMILES string of the molecule is Cc1ccccc1N(Cc1ccncn1)C(=O)C(C)Cl. The molecule has 0 bridgehead atoms. The largest absolute Gasteiger partial charge is 0.305 e. The Kier molecular flexibility index (Phi) is 4.69. The summed E-state index contributed by atoms with van der Waals surface area (Å²) in [6.07, 6.45) is 3.13. The molecular formula is C15H16ClN3O. The first-order chi connectivity index (χ1) is 9.59. The molecule has 0 radical (unpaired) electrons. The third-order valence-corrected chi connectivity index (χ3v) is 3.16. The summed E-state index contributed by atoms with van der Waals surface area (Å²) < 4.78 is 0. The second-order valence-corrected chi connectivity index (χ2v) is 5.18. The van der Waals surface area contributed by atoms with Gasteiger partial charge in [0.2, 0.25) is 5.91 Å². The Morgan fingerprint density at radius 2 is 2.10 bits per heavy atom. The Balaban J connectivity index is 2.35. The Morgan fingerprint density at radius 1 is 1.35 bits per heavy atom. The number of amides is 1. The molecule has 0 spiro atoms. The summed E-state index contributed by atoms with van der Waals surface area (Å²) in [7, 11) is 0. The van der Waals surface area contributed by atoms with Crippen molar-refractivity contribution >= 4 is 23.2 Å². The van der Waals surface area contributed by atoms with Gasteiger partial charge in [0.25, 0.3) is 0 Å². The molecule has 0 fully saturated rings. The van der Waals surface area contributed by atoms with Crippen LogP contribution >= 0.6 is 11.6 Å². The highest BCUT2D eigenvalue weighted by molar-refractivity contribution is 6.32. The number of nitrogens with zero attached hydrogens (tertiary/aromatic N) is 3. The molecule has 1 aromatic carbocycles. The second-order valence-electron chi connectivity index (χ2n) is 4.53. The van der Waals surface area contributed by atoms with Gasteiger partial charge < -0.3 is 4.90 Å². The highest BCUT2D eigenvalue weighted by atomic mass is 35.5. The lowest BCUT2D eigenvalue weighted by atomic mass is 10.1. The normalized spacial score (nSPS) is 11.9. The number of halogens is 1. The van der Waals surface area contributed by atoms with Gasteiger partial charge in [0.05, 0.1) is 12.2 Å². The van der Waals surface area contributed by atoms with Crippen LogP contribution in [0.1, 0.15) is 18.2 Å². The first-order valence-electron chi connectivity index (χ1n) is 6.35. The van der Waals surface area contributed by atoms with E-state index in [0.29, 0.717) is 6.54 Å². The summed E-state index contributed by atoms with van der Waals surface area (Å²) in [5, 5.41) is -0.587. The van der Waals surface area contributed by atoms with Gasteiger partial charge in [-0.3, -0.25) is 4.79 Å². The molecule has 104 valence electrons. The van der Waals surface area contributed by atoms with Crippen LogP contribution < -0.4 is 4.90 Å². The third-order valence-electron chi connectivity index (χ3n) is 2.98.